The summed E-state index contributed by atoms with van der Waals surface area (Å²) in [4.78, 5) is 14.7. The summed E-state index contributed by atoms with van der Waals surface area (Å²) < 4.78 is 12.7. The maximum Gasteiger partial charge on any atom is 0.273 e. The molecule has 0 bridgehead atoms. The predicted octanol–water partition coefficient (Wildman–Crippen LogP) is 0.156. The van der Waals surface area contributed by atoms with E-state index >= 15 is 0 Å². The van der Waals surface area contributed by atoms with E-state index in [9.17, 15) is 9.18 Å². The minimum absolute atomic E-state index is 0.268. The summed E-state index contributed by atoms with van der Waals surface area (Å²) in [5, 5.41) is 1.18. The lowest BCUT2D eigenvalue weighted by molar-refractivity contribution is -0.112. The number of fused-ring (bicyclic) bond motifs is 1. The first kappa shape index (κ1) is 7.16. The number of amides is 1. The van der Waals surface area contributed by atoms with Crippen LogP contribution in [0.1, 0.15) is 6.92 Å². The number of nitrogens with zero attached hydrogens (tertiary/aromatic N) is 1. The lowest BCUT2D eigenvalue weighted by atomic mass is 10.2. The highest BCUT2D eigenvalue weighted by Gasteiger charge is 2.10. The molecule has 0 fully saturated rings. The monoisotopic (exact) mass is 163 g/mol. The van der Waals surface area contributed by atoms with Crippen molar-refractivity contribution in [2.45, 2.75) is 6.92 Å². The number of carbonyl (C=O) groups excluding carboxylic acids is 1. The average Bonchev–Trinajstić information content (AvgIpc) is 2.31. The van der Waals surface area contributed by atoms with Crippen molar-refractivity contribution in [3.05, 3.63) is 34.6 Å². The largest absolute Gasteiger partial charge is 0.273 e. The quantitative estimate of drug-likeness (QED) is 0.535. The molecular weight excluding hydrogens is 157 g/mol. The Bertz CT molecular complexity index is 476. The lowest BCUT2D eigenvalue weighted by Gasteiger charge is -1.86. The van der Waals surface area contributed by atoms with Crippen LogP contribution in [0.4, 0.5) is 4.39 Å². The maximum atomic E-state index is 12.7. The van der Waals surface area contributed by atoms with Gasteiger partial charge in [-0.05, 0) is 25.1 Å². The highest BCUT2D eigenvalue weighted by Crippen LogP contribution is 1.98. The minimum atomic E-state index is -0.335. The van der Waals surface area contributed by atoms with Gasteiger partial charge in [0.05, 0.1) is 5.36 Å². The second-order valence-electron chi connectivity index (χ2n) is 2.70. The van der Waals surface area contributed by atoms with Crippen molar-refractivity contribution < 1.29 is 9.18 Å². The number of carbonyl (C=O) groups is 1. The normalized spacial score (nSPS) is 14.5. The van der Waals surface area contributed by atoms with Gasteiger partial charge in [-0.3, -0.25) is 4.79 Å². The first-order valence-corrected chi connectivity index (χ1v) is 3.58. The fourth-order valence-corrected chi connectivity index (χ4v) is 1.21. The van der Waals surface area contributed by atoms with Crippen molar-refractivity contribution in [2.75, 3.05) is 0 Å². The van der Waals surface area contributed by atoms with E-state index in [0.717, 1.165) is 0 Å². The van der Waals surface area contributed by atoms with Gasteiger partial charge in [0.25, 0.3) is 5.91 Å². The van der Waals surface area contributed by atoms with E-state index in [1.807, 2.05) is 0 Å². The summed E-state index contributed by atoms with van der Waals surface area (Å²) in [7, 11) is 0. The fourth-order valence-electron chi connectivity index (χ4n) is 1.21. The summed E-state index contributed by atoms with van der Waals surface area (Å²) >= 11 is 0. The van der Waals surface area contributed by atoms with E-state index in [1.54, 1.807) is 6.92 Å². The number of halogens is 1. The van der Waals surface area contributed by atoms with E-state index in [0.29, 0.717) is 16.1 Å². The molecule has 1 amide bonds. The SMILES string of the molecule is CC1=c2cc(F)ccc2=NC1=O. The average molecular weight is 163 g/mol. The van der Waals surface area contributed by atoms with Crippen LogP contribution >= 0.6 is 0 Å². The maximum absolute atomic E-state index is 12.7. The zero-order valence-corrected chi connectivity index (χ0v) is 6.47. The minimum Gasteiger partial charge on any atom is -0.267 e. The Morgan fingerprint density at radius 2 is 2.17 bits per heavy atom. The molecule has 0 saturated heterocycles. The molecule has 2 nitrogen and oxygen atoms in total. The molecule has 3 heteroatoms. The Hall–Kier alpha value is -1.51. The van der Waals surface area contributed by atoms with Crippen LogP contribution in [0, 0.1) is 5.82 Å². The van der Waals surface area contributed by atoms with Crippen LogP contribution in [0.25, 0.3) is 5.57 Å². The molecule has 1 aliphatic rings. The van der Waals surface area contributed by atoms with Crippen molar-refractivity contribution in [2.24, 2.45) is 4.99 Å². The molecule has 0 radical (unpaired) electrons. The molecule has 0 atom stereocenters. The van der Waals surface area contributed by atoms with Crippen molar-refractivity contribution in [3.8, 4) is 0 Å². The van der Waals surface area contributed by atoms with Crippen LogP contribution < -0.4 is 10.6 Å². The summed E-state index contributed by atoms with van der Waals surface area (Å²) in [5.41, 5.74) is 0.518. The van der Waals surface area contributed by atoms with Gasteiger partial charge in [-0.15, -0.1) is 0 Å². The molecule has 1 heterocycles. The summed E-state index contributed by atoms with van der Waals surface area (Å²) in [5.74, 6) is -0.603. The summed E-state index contributed by atoms with van der Waals surface area (Å²) in [6, 6.07) is 4.15. The second-order valence-corrected chi connectivity index (χ2v) is 2.70. The topological polar surface area (TPSA) is 29.4 Å². The highest BCUT2D eigenvalue weighted by molar-refractivity contribution is 6.14. The Morgan fingerprint density at radius 1 is 1.42 bits per heavy atom. The van der Waals surface area contributed by atoms with E-state index < -0.39 is 0 Å². The van der Waals surface area contributed by atoms with E-state index in [4.69, 9.17) is 0 Å². The van der Waals surface area contributed by atoms with E-state index in [2.05, 4.69) is 4.99 Å². The fraction of sp³-hybridized carbons (Fsp3) is 0.111. The van der Waals surface area contributed by atoms with Crippen LogP contribution in [-0.2, 0) is 4.79 Å². The number of rotatable bonds is 0. The molecule has 12 heavy (non-hydrogen) atoms. The summed E-state index contributed by atoms with van der Waals surface area (Å²) in [6.07, 6.45) is 0. The van der Waals surface area contributed by atoms with Crippen LogP contribution in [0.5, 0.6) is 0 Å². The smallest absolute Gasteiger partial charge is 0.267 e. The molecular formula is C9H6FNO. The van der Waals surface area contributed by atoms with Crippen molar-refractivity contribution in [1.82, 2.24) is 0 Å². The number of hydrogen-bond donors (Lipinski definition) is 0. The Labute approximate surface area is 68.1 Å². The van der Waals surface area contributed by atoms with Crippen LogP contribution in [-0.4, -0.2) is 5.91 Å². The van der Waals surface area contributed by atoms with Crippen molar-refractivity contribution in [1.29, 1.82) is 0 Å². The molecule has 1 aliphatic heterocycles. The molecule has 1 aromatic rings. The van der Waals surface area contributed by atoms with Crippen LogP contribution in [0.15, 0.2) is 23.2 Å². The third-order valence-electron chi connectivity index (χ3n) is 1.91. The van der Waals surface area contributed by atoms with Gasteiger partial charge in [0.2, 0.25) is 0 Å². The van der Waals surface area contributed by atoms with Gasteiger partial charge in [-0.25, -0.2) is 9.38 Å². The molecule has 0 N–H and O–H groups in total. The molecule has 0 aromatic heterocycles. The van der Waals surface area contributed by atoms with Gasteiger partial charge in [-0.1, -0.05) is 0 Å². The molecule has 60 valence electrons. The molecule has 0 saturated carbocycles. The van der Waals surface area contributed by atoms with E-state index in [1.165, 1.54) is 18.2 Å². The van der Waals surface area contributed by atoms with Crippen LogP contribution in [0.3, 0.4) is 0 Å². The Balaban J connectivity index is 2.95. The molecule has 2 rings (SSSR count). The van der Waals surface area contributed by atoms with Crippen molar-refractivity contribution >= 4 is 11.5 Å². The first-order chi connectivity index (χ1) is 5.68. The Kier molecular flexibility index (Phi) is 1.33. The van der Waals surface area contributed by atoms with Crippen LogP contribution in [0.2, 0.25) is 0 Å². The van der Waals surface area contributed by atoms with Gasteiger partial charge < -0.3 is 0 Å². The van der Waals surface area contributed by atoms with Gasteiger partial charge in [0, 0.05) is 10.8 Å². The van der Waals surface area contributed by atoms with Gasteiger partial charge in [0.1, 0.15) is 5.82 Å². The predicted molar refractivity (Wildman–Crippen MR) is 41.3 cm³/mol. The second kappa shape index (κ2) is 2.24. The standard InChI is InChI=1S/C9H6FNO/c1-5-7-4-6(10)2-3-8(7)11-9(5)12/h2-4H,1H3. The summed E-state index contributed by atoms with van der Waals surface area (Å²) in [6.45, 7) is 1.65. The molecule has 1 aromatic carbocycles. The lowest BCUT2D eigenvalue weighted by Crippen LogP contribution is -2.22. The zero-order valence-electron chi connectivity index (χ0n) is 6.47. The van der Waals surface area contributed by atoms with Gasteiger partial charge in [0.15, 0.2) is 0 Å². The van der Waals surface area contributed by atoms with Crippen molar-refractivity contribution in [3.63, 3.8) is 0 Å². The number of benzene rings is 1. The third kappa shape index (κ3) is 0.863. The zero-order chi connectivity index (χ0) is 8.72. The highest BCUT2D eigenvalue weighted by atomic mass is 19.1. The van der Waals surface area contributed by atoms with Gasteiger partial charge in [-0.2, -0.15) is 0 Å². The molecule has 0 aliphatic carbocycles. The first-order valence-electron chi connectivity index (χ1n) is 3.58. The van der Waals surface area contributed by atoms with Gasteiger partial charge >= 0.3 is 0 Å². The molecule has 0 spiro atoms. The number of hydrogen-bond acceptors (Lipinski definition) is 1. The Morgan fingerprint density at radius 3 is 2.92 bits per heavy atom. The third-order valence-corrected chi connectivity index (χ3v) is 1.91. The van der Waals surface area contributed by atoms with E-state index in [-0.39, 0.29) is 11.7 Å². The molecule has 0 unspecified atom stereocenters.